The van der Waals surface area contributed by atoms with Gasteiger partial charge in [0.15, 0.2) is 0 Å². The number of anilines is 1. The van der Waals surface area contributed by atoms with Crippen LogP contribution in [-0.4, -0.2) is 64.9 Å². The van der Waals surface area contributed by atoms with Crippen LogP contribution >= 0.6 is 11.6 Å². The Balaban J connectivity index is 1.25. The lowest BCUT2D eigenvalue weighted by atomic mass is 10.1. The third kappa shape index (κ3) is 4.74. The summed E-state index contributed by atoms with van der Waals surface area (Å²) >= 11 is 6.33. The van der Waals surface area contributed by atoms with E-state index in [-0.39, 0.29) is 5.91 Å². The third-order valence-electron chi connectivity index (χ3n) is 5.46. The smallest absolute Gasteiger partial charge is 0.262 e. The van der Waals surface area contributed by atoms with Crippen LogP contribution in [0, 0.1) is 6.92 Å². The fourth-order valence-electron chi connectivity index (χ4n) is 3.77. The second-order valence-corrected chi connectivity index (χ2v) is 7.99. The van der Waals surface area contributed by atoms with E-state index in [4.69, 9.17) is 16.3 Å². The van der Waals surface area contributed by atoms with Crippen molar-refractivity contribution in [3.8, 4) is 5.75 Å². The second-order valence-electron chi connectivity index (χ2n) is 7.60. The average Bonchev–Trinajstić information content (AvgIpc) is 2.89. The van der Waals surface area contributed by atoms with Crippen molar-refractivity contribution < 1.29 is 9.53 Å². The molecule has 0 N–H and O–H groups in total. The lowest BCUT2D eigenvalue weighted by Gasteiger charge is -2.34. The number of unbranched alkanes of at least 4 members (excludes halogenated alkanes) is 1. The number of aryl methyl sites for hydroxylation is 1. The first-order valence-corrected chi connectivity index (χ1v) is 10.7. The van der Waals surface area contributed by atoms with Crippen molar-refractivity contribution in [3.05, 3.63) is 59.2 Å². The van der Waals surface area contributed by atoms with E-state index in [9.17, 15) is 4.79 Å². The molecule has 0 saturated carbocycles. The Kier molecular flexibility index (Phi) is 6.50. The zero-order valence-electron chi connectivity index (χ0n) is 17.1. The number of halogens is 1. The van der Waals surface area contributed by atoms with Gasteiger partial charge in [0.05, 0.1) is 5.56 Å². The molecule has 7 nitrogen and oxygen atoms in total. The molecule has 0 atom stereocenters. The summed E-state index contributed by atoms with van der Waals surface area (Å²) in [6, 6.07) is 7.42. The summed E-state index contributed by atoms with van der Waals surface area (Å²) in [5.74, 6) is 1.24. The maximum absolute atomic E-state index is 13.0. The molecule has 0 radical (unpaired) electrons. The SMILES string of the molecule is Cc1ccc2c(c1)C(=O)N(CCCCN1CCN(c3ncccn3)CC1)C(Cl)=CO2. The minimum atomic E-state index is -0.107. The maximum atomic E-state index is 13.0. The number of hydrogen-bond donors (Lipinski definition) is 0. The Bertz CT molecular complexity index is 913. The van der Waals surface area contributed by atoms with Gasteiger partial charge in [-0.1, -0.05) is 23.2 Å². The molecule has 1 aromatic carbocycles. The lowest BCUT2D eigenvalue weighted by Crippen LogP contribution is -2.47. The van der Waals surface area contributed by atoms with Crippen molar-refractivity contribution in [1.29, 1.82) is 0 Å². The summed E-state index contributed by atoms with van der Waals surface area (Å²) in [5.41, 5.74) is 1.57. The number of amides is 1. The van der Waals surface area contributed by atoms with Gasteiger partial charge in [-0.2, -0.15) is 0 Å². The largest absolute Gasteiger partial charge is 0.461 e. The lowest BCUT2D eigenvalue weighted by molar-refractivity contribution is 0.0814. The first-order chi connectivity index (χ1) is 14.6. The van der Waals surface area contributed by atoms with Gasteiger partial charge in [0.25, 0.3) is 5.91 Å². The number of ether oxygens (including phenoxy) is 1. The molecule has 4 rings (SSSR count). The average molecular weight is 428 g/mol. The molecule has 0 unspecified atom stereocenters. The summed E-state index contributed by atoms with van der Waals surface area (Å²) in [7, 11) is 0. The van der Waals surface area contributed by atoms with Crippen LogP contribution in [0.4, 0.5) is 5.95 Å². The van der Waals surface area contributed by atoms with Gasteiger partial charge in [0.2, 0.25) is 5.95 Å². The Hall–Kier alpha value is -2.64. The molecule has 30 heavy (non-hydrogen) atoms. The van der Waals surface area contributed by atoms with Crippen LogP contribution in [0.1, 0.15) is 28.8 Å². The molecule has 2 aromatic rings. The Morgan fingerprint density at radius 3 is 2.57 bits per heavy atom. The van der Waals surface area contributed by atoms with E-state index < -0.39 is 0 Å². The maximum Gasteiger partial charge on any atom is 0.262 e. The highest BCUT2D eigenvalue weighted by Gasteiger charge is 2.25. The van der Waals surface area contributed by atoms with E-state index in [2.05, 4.69) is 19.8 Å². The highest BCUT2D eigenvalue weighted by molar-refractivity contribution is 6.30. The molecule has 2 aliphatic rings. The van der Waals surface area contributed by atoms with Gasteiger partial charge in [-0.15, -0.1) is 0 Å². The molecule has 3 heterocycles. The number of fused-ring (bicyclic) bond motifs is 1. The van der Waals surface area contributed by atoms with Crippen molar-refractivity contribution in [2.24, 2.45) is 0 Å². The number of carbonyl (C=O) groups is 1. The number of hydrogen-bond acceptors (Lipinski definition) is 6. The fourth-order valence-corrected chi connectivity index (χ4v) is 3.98. The summed E-state index contributed by atoms with van der Waals surface area (Å²) in [4.78, 5) is 27.9. The van der Waals surface area contributed by atoms with Crippen molar-refractivity contribution in [3.63, 3.8) is 0 Å². The highest BCUT2D eigenvalue weighted by atomic mass is 35.5. The van der Waals surface area contributed by atoms with E-state index in [0.717, 1.165) is 57.1 Å². The van der Waals surface area contributed by atoms with Gasteiger partial charge in [0.1, 0.15) is 17.2 Å². The van der Waals surface area contributed by atoms with Crippen molar-refractivity contribution in [2.75, 3.05) is 44.2 Å². The zero-order valence-corrected chi connectivity index (χ0v) is 17.9. The minimum absolute atomic E-state index is 0.107. The number of aromatic nitrogens is 2. The molecule has 0 spiro atoms. The number of rotatable bonds is 6. The Morgan fingerprint density at radius 1 is 1.07 bits per heavy atom. The van der Waals surface area contributed by atoms with Crippen molar-refractivity contribution in [2.45, 2.75) is 19.8 Å². The van der Waals surface area contributed by atoms with E-state index in [0.29, 0.717) is 23.0 Å². The molecule has 158 valence electrons. The first kappa shape index (κ1) is 20.6. The zero-order chi connectivity index (χ0) is 20.9. The van der Waals surface area contributed by atoms with Crippen LogP contribution in [-0.2, 0) is 0 Å². The van der Waals surface area contributed by atoms with Crippen LogP contribution in [0.15, 0.2) is 48.1 Å². The summed E-state index contributed by atoms with van der Waals surface area (Å²) in [6.45, 7) is 7.36. The van der Waals surface area contributed by atoms with Gasteiger partial charge < -0.3 is 9.64 Å². The van der Waals surface area contributed by atoms with Gasteiger partial charge >= 0.3 is 0 Å². The number of benzene rings is 1. The van der Waals surface area contributed by atoms with E-state index in [1.54, 1.807) is 17.3 Å². The van der Waals surface area contributed by atoms with Crippen molar-refractivity contribution in [1.82, 2.24) is 19.8 Å². The first-order valence-electron chi connectivity index (χ1n) is 10.3. The molecule has 1 aromatic heterocycles. The Morgan fingerprint density at radius 2 is 1.80 bits per heavy atom. The number of carbonyl (C=O) groups excluding carboxylic acids is 1. The summed E-state index contributed by atoms with van der Waals surface area (Å²) < 4.78 is 5.58. The third-order valence-corrected chi connectivity index (χ3v) is 5.76. The van der Waals surface area contributed by atoms with Crippen LogP contribution in [0.5, 0.6) is 5.75 Å². The van der Waals surface area contributed by atoms with Crippen LogP contribution < -0.4 is 9.64 Å². The predicted octanol–water partition coefficient (Wildman–Crippen LogP) is 3.26. The molecule has 0 aliphatic carbocycles. The second kappa shape index (κ2) is 9.45. The molecular weight excluding hydrogens is 402 g/mol. The predicted molar refractivity (Wildman–Crippen MR) is 117 cm³/mol. The minimum Gasteiger partial charge on any atom is -0.461 e. The normalized spacial score (nSPS) is 17.3. The molecule has 2 aliphatic heterocycles. The van der Waals surface area contributed by atoms with Crippen LogP contribution in [0.25, 0.3) is 0 Å². The quantitative estimate of drug-likeness (QED) is 0.521. The number of piperazine rings is 1. The van der Waals surface area contributed by atoms with E-state index in [1.807, 2.05) is 31.2 Å². The van der Waals surface area contributed by atoms with E-state index in [1.165, 1.54) is 6.26 Å². The van der Waals surface area contributed by atoms with Gasteiger partial charge in [0, 0.05) is 45.1 Å². The molecule has 1 fully saturated rings. The van der Waals surface area contributed by atoms with Gasteiger partial charge in [-0.3, -0.25) is 14.6 Å². The summed E-state index contributed by atoms with van der Waals surface area (Å²) in [6.07, 6.45) is 6.88. The molecule has 1 saturated heterocycles. The van der Waals surface area contributed by atoms with E-state index >= 15 is 0 Å². The molecule has 8 heteroatoms. The fraction of sp³-hybridized carbons (Fsp3) is 0.409. The topological polar surface area (TPSA) is 61.8 Å². The van der Waals surface area contributed by atoms with Crippen molar-refractivity contribution >= 4 is 23.5 Å². The molecular formula is C22H26ClN5O2. The summed E-state index contributed by atoms with van der Waals surface area (Å²) in [5, 5.41) is 0.324. The molecule has 1 amide bonds. The van der Waals surface area contributed by atoms with Crippen LogP contribution in [0.3, 0.4) is 0 Å². The van der Waals surface area contributed by atoms with Gasteiger partial charge in [-0.05, 0) is 44.5 Å². The van der Waals surface area contributed by atoms with Gasteiger partial charge in [-0.25, -0.2) is 9.97 Å². The number of nitrogens with zero attached hydrogens (tertiary/aromatic N) is 5. The standard InChI is InChI=1S/C22H26ClN5O2/c1-17-5-6-19-18(15-17)21(29)28(20(23)16-30-19)10-3-2-9-26-11-13-27(14-12-26)22-24-7-4-8-25-22/h4-8,15-16H,2-3,9-14H2,1H3. The monoisotopic (exact) mass is 427 g/mol. The molecule has 0 bridgehead atoms. The van der Waals surface area contributed by atoms with Crippen LogP contribution in [0.2, 0.25) is 0 Å². The highest BCUT2D eigenvalue weighted by Crippen LogP contribution is 2.28. The Labute approximate surface area is 181 Å².